The van der Waals surface area contributed by atoms with Gasteiger partial charge in [0.1, 0.15) is 11.4 Å². The van der Waals surface area contributed by atoms with Gasteiger partial charge in [-0.2, -0.15) is 8.75 Å². The molecule has 0 bridgehead atoms. The first-order chi connectivity index (χ1) is 12.6. The summed E-state index contributed by atoms with van der Waals surface area (Å²) in [6, 6.07) is 9.79. The van der Waals surface area contributed by atoms with Crippen molar-refractivity contribution in [2.75, 3.05) is 5.48 Å². The van der Waals surface area contributed by atoms with Crippen molar-refractivity contribution < 1.29 is 9.68 Å². The fourth-order valence-corrected chi connectivity index (χ4v) is 3.21. The number of anilines is 1. The van der Waals surface area contributed by atoms with E-state index in [2.05, 4.69) is 24.4 Å². The molecule has 0 saturated carbocycles. The highest BCUT2D eigenvalue weighted by atomic mass is 32.1. The Labute approximate surface area is 160 Å². The molecular weight excluding hydrogens is 370 g/mol. The van der Waals surface area contributed by atoms with Crippen LogP contribution in [0, 0.1) is 6.92 Å². The Kier molecular flexibility index (Phi) is 6.26. The van der Waals surface area contributed by atoms with E-state index in [9.17, 15) is 0 Å². The third-order valence-electron chi connectivity index (χ3n) is 3.23. The number of oxime groups is 1. The lowest BCUT2D eigenvalue weighted by molar-refractivity contribution is 0.125. The summed E-state index contributed by atoms with van der Waals surface area (Å²) < 4.78 is 8.57. The van der Waals surface area contributed by atoms with Crippen molar-refractivity contribution in [3.8, 4) is 0 Å². The van der Waals surface area contributed by atoms with E-state index >= 15 is 0 Å². The second kappa shape index (κ2) is 8.84. The highest BCUT2D eigenvalue weighted by Crippen LogP contribution is 2.18. The standard InChI is InChI=1S/C17H19N5O2S2/c1-11(2)24-20-17-18-14(10-25-17)9-23-19-16(13-7-5-4-6-8-13)15-12(3)21-26-22-15/h4-8,10-11H,9H2,1-3H3,(H,18,20)/b19-16-. The smallest absolute Gasteiger partial charge is 0.207 e. The average molecular weight is 390 g/mol. The number of aromatic nitrogens is 3. The zero-order valence-electron chi connectivity index (χ0n) is 14.7. The van der Waals surface area contributed by atoms with Crippen LogP contribution in [0.25, 0.3) is 0 Å². The molecule has 0 unspecified atom stereocenters. The summed E-state index contributed by atoms with van der Waals surface area (Å²) in [5.74, 6) is 0. The molecule has 0 spiro atoms. The second-order valence-corrected chi connectivity index (χ2v) is 7.08. The number of benzene rings is 1. The largest absolute Gasteiger partial charge is 0.389 e. The van der Waals surface area contributed by atoms with E-state index in [1.807, 2.05) is 56.5 Å². The first kappa shape index (κ1) is 18.4. The molecule has 7 nitrogen and oxygen atoms in total. The van der Waals surface area contributed by atoms with Crippen LogP contribution >= 0.6 is 23.1 Å². The summed E-state index contributed by atoms with van der Waals surface area (Å²) >= 11 is 2.61. The summed E-state index contributed by atoms with van der Waals surface area (Å²) in [5, 5.41) is 6.90. The van der Waals surface area contributed by atoms with Crippen molar-refractivity contribution in [2.45, 2.75) is 33.5 Å². The molecule has 0 amide bonds. The van der Waals surface area contributed by atoms with Crippen molar-refractivity contribution in [1.29, 1.82) is 0 Å². The Morgan fingerprint density at radius 3 is 2.73 bits per heavy atom. The lowest BCUT2D eigenvalue weighted by Crippen LogP contribution is -2.09. The van der Waals surface area contributed by atoms with Gasteiger partial charge >= 0.3 is 0 Å². The summed E-state index contributed by atoms with van der Waals surface area (Å²) in [6.07, 6.45) is 0.0755. The number of nitrogens with one attached hydrogen (secondary N) is 1. The van der Waals surface area contributed by atoms with Gasteiger partial charge in [-0.3, -0.25) is 4.84 Å². The van der Waals surface area contributed by atoms with Crippen molar-refractivity contribution in [3.63, 3.8) is 0 Å². The minimum Gasteiger partial charge on any atom is -0.389 e. The van der Waals surface area contributed by atoms with Gasteiger partial charge in [-0.15, -0.1) is 11.3 Å². The molecule has 9 heteroatoms. The van der Waals surface area contributed by atoms with Crippen LogP contribution in [0.2, 0.25) is 0 Å². The molecule has 1 aromatic carbocycles. The monoisotopic (exact) mass is 389 g/mol. The van der Waals surface area contributed by atoms with Gasteiger partial charge in [0.25, 0.3) is 0 Å². The molecule has 0 radical (unpaired) electrons. The van der Waals surface area contributed by atoms with Gasteiger partial charge in [0, 0.05) is 10.9 Å². The normalized spacial score (nSPS) is 11.8. The maximum absolute atomic E-state index is 5.55. The highest BCUT2D eigenvalue weighted by Gasteiger charge is 2.15. The van der Waals surface area contributed by atoms with Crippen LogP contribution in [0.3, 0.4) is 0 Å². The van der Waals surface area contributed by atoms with Crippen LogP contribution in [-0.2, 0) is 16.3 Å². The van der Waals surface area contributed by atoms with Crippen LogP contribution in [0.4, 0.5) is 5.13 Å². The lowest BCUT2D eigenvalue weighted by atomic mass is 10.1. The van der Waals surface area contributed by atoms with Gasteiger partial charge in [-0.25, -0.2) is 10.5 Å². The summed E-state index contributed by atoms with van der Waals surface area (Å²) in [4.78, 5) is 15.3. The Balaban J connectivity index is 1.71. The molecule has 2 aromatic heterocycles. The molecule has 0 aliphatic rings. The molecule has 0 atom stereocenters. The van der Waals surface area contributed by atoms with Crippen LogP contribution in [0.1, 0.15) is 36.5 Å². The zero-order chi connectivity index (χ0) is 18.4. The van der Waals surface area contributed by atoms with E-state index in [4.69, 9.17) is 9.68 Å². The van der Waals surface area contributed by atoms with Gasteiger partial charge in [-0.05, 0) is 20.8 Å². The van der Waals surface area contributed by atoms with Gasteiger partial charge in [0.2, 0.25) is 5.13 Å². The molecular formula is C17H19N5O2S2. The molecule has 3 rings (SSSR count). The van der Waals surface area contributed by atoms with Crippen LogP contribution in [0.5, 0.6) is 0 Å². The van der Waals surface area contributed by atoms with E-state index in [1.165, 1.54) is 11.3 Å². The second-order valence-electron chi connectivity index (χ2n) is 5.69. The lowest BCUT2D eigenvalue weighted by Gasteiger charge is -2.06. The number of rotatable bonds is 8. The predicted molar refractivity (Wildman–Crippen MR) is 103 cm³/mol. The summed E-state index contributed by atoms with van der Waals surface area (Å²) in [6.45, 7) is 6.05. The molecule has 0 aliphatic heterocycles. The molecule has 0 fully saturated rings. The van der Waals surface area contributed by atoms with E-state index in [0.717, 1.165) is 34.4 Å². The van der Waals surface area contributed by atoms with Gasteiger partial charge in [0.15, 0.2) is 6.61 Å². The number of hydrogen-bond donors (Lipinski definition) is 1. The van der Waals surface area contributed by atoms with E-state index in [-0.39, 0.29) is 12.7 Å². The van der Waals surface area contributed by atoms with Gasteiger partial charge < -0.3 is 4.84 Å². The fraction of sp³-hybridized carbons (Fsp3) is 0.294. The minimum atomic E-state index is 0.0755. The van der Waals surface area contributed by atoms with E-state index in [0.29, 0.717) is 10.8 Å². The third kappa shape index (κ3) is 4.84. The quantitative estimate of drug-likeness (QED) is 0.463. The first-order valence-electron chi connectivity index (χ1n) is 8.04. The molecule has 2 heterocycles. The number of hydrogen-bond acceptors (Lipinski definition) is 9. The molecule has 1 N–H and O–H groups in total. The van der Waals surface area contributed by atoms with Crippen molar-refractivity contribution in [1.82, 2.24) is 13.7 Å². The van der Waals surface area contributed by atoms with E-state index in [1.54, 1.807) is 0 Å². The molecule has 136 valence electrons. The van der Waals surface area contributed by atoms with E-state index < -0.39 is 0 Å². The SMILES string of the molecule is Cc1nsnc1/C(=N\OCc1csc(NOC(C)C)n1)c1ccccc1. The number of aryl methyl sites for hydroxylation is 1. The van der Waals surface area contributed by atoms with Gasteiger partial charge in [0.05, 0.1) is 29.2 Å². The Morgan fingerprint density at radius 2 is 2.04 bits per heavy atom. The molecule has 3 aromatic rings. The topological polar surface area (TPSA) is 81.5 Å². The Hall–Kier alpha value is -2.36. The molecule has 0 saturated heterocycles. The minimum absolute atomic E-state index is 0.0755. The summed E-state index contributed by atoms with van der Waals surface area (Å²) in [7, 11) is 0. The third-order valence-corrected chi connectivity index (χ3v) is 4.63. The zero-order valence-corrected chi connectivity index (χ0v) is 16.3. The van der Waals surface area contributed by atoms with Crippen LogP contribution < -0.4 is 5.48 Å². The van der Waals surface area contributed by atoms with Gasteiger partial charge in [-0.1, -0.05) is 35.5 Å². The Bertz CT molecular complexity index is 861. The van der Waals surface area contributed by atoms with Crippen LogP contribution in [-0.4, -0.2) is 25.5 Å². The molecule has 0 aliphatic carbocycles. The van der Waals surface area contributed by atoms with Crippen molar-refractivity contribution in [2.24, 2.45) is 5.16 Å². The maximum Gasteiger partial charge on any atom is 0.207 e. The average Bonchev–Trinajstić information content (AvgIpc) is 3.27. The van der Waals surface area contributed by atoms with Crippen LogP contribution in [0.15, 0.2) is 40.9 Å². The van der Waals surface area contributed by atoms with Crippen molar-refractivity contribution in [3.05, 3.63) is 58.4 Å². The first-order valence-corrected chi connectivity index (χ1v) is 9.65. The maximum atomic E-state index is 5.55. The fourth-order valence-electron chi connectivity index (χ4n) is 2.03. The molecule has 26 heavy (non-hydrogen) atoms. The predicted octanol–water partition coefficient (Wildman–Crippen LogP) is 4.02. The number of thiazole rings is 1. The highest BCUT2D eigenvalue weighted by molar-refractivity contribution is 7.13. The van der Waals surface area contributed by atoms with Crippen molar-refractivity contribution >= 4 is 33.9 Å². The Morgan fingerprint density at radius 1 is 1.23 bits per heavy atom. The summed E-state index contributed by atoms with van der Waals surface area (Å²) in [5.41, 5.74) is 6.73. The number of nitrogens with zero attached hydrogens (tertiary/aromatic N) is 4.